The Morgan fingerprint density at radius 1 is 1.22 bits per heavy atom. The molecule has 0 amide bonds. The highest BCUT2D eigenvalue weighted by atomic mass is 17.2. The molecule has 0 aliphatic heterocycles. The summed E-state index contributed by atoms with van der Waals surface area (Å²) in [6, 6.07) is 0. The van der Waals surface area contributed by atoms with Gasteiger partial charge in [0.25, 0.3) is 0 Å². The van der Waals surface area contributed by atoms with Crippen molar-refractivity contribution in [2.75, 3.05) is 13.2 Å². The summed E-state index contributed by atoms with van der Waals surface area (Å²) >= 11 is 0. The maximum atomic E-state index is 10.9. The zero-order valence-electron chi connectivity index (χ0n) is 11.0. The lowest BCUT2D eigenvalue weighted by molar-refractivity contribution is -0.354. The highest BCUT2D eigenvalue weighted by Gasteiger charge is 2.16. The van der Waals surface area contributed by atoms with Crippen molar-refractivity contribution in [3.63, 3.8) is 0 Å². The molecule has 6 nitrogen and oxygen atoms in total. The van der Waals surface area contributed by atoms with E-state index < -0.39 is 11.9 Å². The van der Waals surface area contributed by atoms with Gasteiger partial charge in [-0.2, -0.15) is 0 Å². The number of ether oxygens (including phenoxy) is 1. The predicted octanol–water partition coefficient (Wildman–Crippen LogP) is 1.70. The van der Waals surface area contributed by atoms with E-state index in [1.54, 1.807) is 0 Å². The van der Waals surface area contributed by atoms with Gasteiger partial charge in [-0.05, 0) is 20.3 Å². The number of hydrogen-bond acceptors (Lipinski definition) is 5. The minimum Gasteiger partial charge on any atom is -0.478 e. The molecule has 104 valence electrons. The first kappa shape index (κ1) is 16.6. The first-order valence-electron chi connectivity index (χ1n) is 5.76. The maximum Gasteiger partial charge on any atom is 0.331 e. The molecule has 18 heavy (non-hydrogen) atoms. The van der Waals surface area contributed by atoms with Gasteiger partial charge in [-0.1, -0.05) is 6.92 Å². The molecule has 0 saturated carbocycles. The van der Waals surface area contributed by atoms with E-state index >= 15 is 0 Å². The lowest BCUT2D eigenvalue weighted by Crippen LogP contribution is -2.23. The van der Waals surface area contributed by atoms with Crippen molar-refractivity contribution in [2.24, 2.45) is 0 Å². The minimum absolute atomic E-state index is 0.151. The second-order valence-corrected chi connectivity index (χ2v) is 4.21. The quantitative estimate of drug-likeness (QED) is 0.223. The van der Waals surface area contributed by atoms with Crippen molar-refractivity contribution < 1.29 is 29.2 Å². The molecule has 0 aliphatic rings. The van der Waals surface area contributed by atoms with Crippen LogP contribution in [0.3, 0.4) is 0 Å². The third kappa shape index (κ3) is 9.80. The lowest BCUT2D eigenvalue weighted by Gasteiger charge is -2.21. The number of carboxylic acid groups (broad SMARTS) is 1. The number of carbonyl (C=O) groups excluding carboxylic acids is 1. The smallest absolute Gasteiger partial charge is 0.331 e. The third-order valence-corrected chi connectivity index (χ3v) is 2.11. The van der Waals surface area contributed by atoms with E-state index in [9.17, 15) is 9.59 Å². The molecule has 0 spiro atoms. The van der Waals surface area contributed by atoms with Crippen LogP contribution in [0.5, 0.6) is 0 Å². The van der Waals surface area contributed by atoms with Gasteiger partial charge in [0.1, 0.15) is 0 Å². The summed E-state index contributed by atoms with van der Waals surface area (Å²) in [7, 11) is 0. The summed E-state index contributed by atoms with van der Waals surface area (Å²) in [4.78, 5) is 31.1. The summed E-state index contributed by atoms with van der Waals surface area (Å²) in [6.07, 6.45) is 2.89. The van der Waals surface area contributed by atoms with Crippen LogP contribution in [0, 0.1) is 0 Å². The largest absolute Gasteiger partial charge is 0.478 e. The Morgan fingerprint density at radius 2 is 1.89 bits per heavy atom. The number of rotatable bonds is 9. The van der Waals surface area contributed by atoms with Crippen LogP contribution in [-0.4, -0.2) is 35.9 Å². The molecule has 1 N–H and O–H groups in total. The summed E-state index contributed by atoms with van der Waals surface area (Å²) in [5.74, 6) is -1.88. The third-order valence-electron chi connectivity index (χ3n) is 2.11. The second-order valence-electron chi connectivity index (χ2n) is 4.21. The molecular weight excluding hydrogens is 240 g/mol. The Balaban J connectivity index is 3.52. The topological polar surface area (TPSA) is 82.1 Å². The molecule has 0 bridgehead atoms. The van der Waals surface area contributed by atoms with E-state index in [1.165, 1.54) is 0 Å². The Morgan fingerprint density at radius 3 is 2.44 bits per heavy atom. The van der Waals surface area contributed by atoms with Gasteiger partial charge in [-0.3, -0.25) is 0 Å². The van der Waals surface area contributed by atoms with Crippen molar-refractivity contribution in [1.29, 1.82) is 0 Å². The fourth-order valence-corrected chi connectivity index (χ4v) is 0.738. The van der Waals surface area contributed by atoms with Crippen LogP contribution in [0.1, 0.15) is 33.6 Å². The van der Waals surface area contributed by atoms with Crippen LogP contribution in [0.2, 0.25) is 0 Å². The molecule has 0 aromatic heterocycles. The van der Waals surface area contributed by atoms with Gasteiger partial charge < -0.3 is 9.84 Å². The molecule has 0 saturated heterocycles. The Kier molecular flexibility index (Phi) is 7.98. The van der Waals surface area contributed by atoms with Crippen molar-refractivity contribution in [3.05, 3.63) is 12.2 Å². The first-order chi connectivity index (χ1) is 8.37. The minimum atomic E-state index is -1.19. The van der Waals surface area contributed by atoms with Gasteiger partial charge in [-0.15, -0.1) is 0 Å². The average molecular weight is 260 g/mol. The van der Waals surface area contributed by atoms with Crippen molar-refractivity contribution in [1.82, 2.24) is 0 Å². The molecule has 0 atom stereocenters. The highest BCUT2D eigenvalue weighted by Crippen LogP contribution is 2.13. The van der Waals surface area contributed by atoms with Crippen LogP contribution < -0.4 is 0 Å². The molecule has 0 aromatic rings. The van der Waals surface area contributed by atoms with Gasteiger partial charge in [0.2, 0.25) is 0 Å². The van der Waals surface area contributed by atoms with Gasteiger partial charge in [0.05, 0.1) is 18.8 Å². The Labute approximate surface area is 106 Å². The fraction of sp³-hybridized carbons (Fsp3) is 0.667. The molecule has 0 aliphatic carbocycles. The second kappa shape index (κ2) is 8.66. The van der Waals surface area contributed by atoms with E-state index in [4.69, 9.17) is 19.6 Å². The van der Waals surface area contributed by atoms with E-state index in [0.717, 1.165) is 18.6 Å². The molecule has 0 fully saturated rings. The number of esters is 1. The lowest BCUT2D eigenvalue weighted by atomic mass is 10.1. The van der Waals surface area contributed by atoms with Crippen LogP contribution in [0.4, 0.5) is 0 Å². The van der Waals surface area contributed by atoms with Crippen LogP contribution in [0.25, 0.3) is 0 Å². The van der Waals surface area contributed by atoms with Crippen molar-refractivity contribution in [2.45, 2.75) is 39.2 Å². The van der Waals surface area contributed by atoms with Gasteiger partial charge in [0.15, 0.2) is 0 Å². The number of hydrogen-bond donors (Lipinski definition) is 1. The molecule has 6 heteroatoms. The van der Waals surface area contributed by atoms with Gasteiger partial charge in [-0.25, -0.2) is 19.4 Å². The predicted molar refractivity (Wildman–Crippen MR) is 63.8 cm³/mol. The van der Waals surface area contributed by atoms with Crippen molar-refractivity contribution >= 4 is 11.9 Å². The zero-order valence-corrected chi connectivity index (χ0v) is 11.0. The summed E-state index contributed by atoms with van der Waals surface area (Å²) < 4.78 is 4.73. The number of carbonyl (C=O) groups is 2. The number of aliphatic carboxylic acids is 1. The average Bonchev–Trinajstić information content (AvgIpc) is 2.31. The summed E-state index contributed by atoms with van der Waals surface area (Å²) in [6.45, 7) is 6.26. The van der Waals surface area contributed by atoms with Crippen LogP contribution in [0.15, 0.2) is 12.2 Å². The molecule has 0 unspecified atom stereocenters. The van der Waals surface area contributed by atoms with Gasteiger partial charge in [0, 0.05) is 18.6 Å². The fourth-order valence-electron chi connectivity index (χ4n) is 0.738. The van der Waals surface area contributed by atoms with Crippen LogP contribution in [-0.2, 0) is 24.1 Å². The number of carboxylic acids is 1. The monoisotopic (exact) mass is 260 g/mol. The first-order valence-corrected chi connectivity index (χ1v) is 5.76. The molecule has 0 radical (unpaired) electrons. The molecule has 0 aromatic carbocycles. The maximum absolute atomic E-state index is 10.9. The molecular formula is C12H20O6. The molecule has 0 rings (SSSR count). The van der Waals surface area contributed by atoms with E-state index in [-0.39, 0.29) is 12.2 Å². The zero-order chi connectivity index (χ0) is 14.0. The summed E-state index contributed by atoms with van der Waals surface area (Å²) in [5, 5.41) is 8.27. The van der Waals surface area contributed by atoms with Gasteiger partial charge >= 0.3 is 11.9 Å². The Hall–Kier alpha value is -1.40. The SMILES string of the molecule is CCC(C)(C)OOCCCOC(=O)/C=C/C(=O)O. The Bertz CT molecular complexity index is 295. The van der Waals surface area contributed by atoms with E-state index in [2.05, 4.69) is 0 Å². The highest BCUT2D eigenvalue weighted by molar-refractivity contribution is 5.90. The van der Waals surface area contributed by atoms with Crippen LogP contribution >= 0.6 is 0 Å². The summed E-state index contributed by atoms with van der Waals surface area (Å²) in [5.41, 5.74) is -0.332. The van der Waals surface area contributed by atoms with E-state index in [1.807, 2.05) is 20.8 Å². The molecule has 0 heterocycles. The normalized spacial score (nSPS) is 11.7. The van der Waals surface area contributed by atoms with Crippen molar-refractivity contribution in [3.8, 4) is 0 Å². The van der Waals surface area contributed by atoms with E-state index in [0.29, 0.717) is 13.0 Å². The standard InChI is InChI=1S/C12H20O6/c1-4-12(2,3)18-17-9-5-8-16-11(15)7-6-10(13)14/h6-7H,4-5,8-9H2,1-3H3,(H,13,14)/b7-6+.